The minimum atomic E-state index is -0.718. The van der Waals surface area contributed by atoms with Crippen LogP contribution >= 0.6 is 0 Å². The van der Waals surface area contributed by atoms with Crippen molar-refractivity contribution in [2.75, 3.05) is 14.2 Å². The van der Waals surface area contributed by atoms with Gasteiger partial charge in [0.25, 0.3) is 0 Å². The van der Waals surface area contributed by atoms with Gasteiger partial charge in [-0.3, -0.25) is 14.9 Å². The topological polar surface area (TPSA) is 64.6 Å². The first-order valence-electron chi connectivity index (χ1n) is 6.70. The smallest absolute Gasteiger partial charge is 0.237 e. The van der Waals surface area contributed by atoms with Crippen molar-refractivity contribution in [2.24, 2.45) is 0 Å². The van der Waals surface area contributed by atoms with Gasteiger partial charge in [0.15, 0.2) is 11.5 Å². The minimum Gasteiger partial charge on any atom is -0.493 e. The summed E-state index contributed by atoms with van der Waals surface area (Å²) in [5.41, 5.74) is 1.26. The molecule has 1 saturated heterocycles. The van der Waals surface area contributed by atoms with Crippen LogP contribution in [0.5, 0.6) is 11.5 Å². The lowest BCUT2D eigenvalue weighted by Gasteiger charge is -2.33. The molecule has 1 aromatic rings. The standard InChI is InChI=1S/C15H17NO4/c1-19-11-6-9-4-3-5-15(8-13(17)16-14(15)18)10(9)7-12(11)20-2/h6-7H,3-5,8H2,1-2H3,(H,16,17,18). The van der Waals surface area contributed by atoms with Crippen molar-refractivity contribution in [3.05, 3.63) is 23.3 Å². The molecule has 5 nitrogen and oxygen atoms in total. The maximum Gasteiger partial charge on any atom is 0.237 e. The third-order valence-corrected chi connectivity index (χ3v) is 4.32. The lowest BCUT2D eigenvalue weighted by atomic mass is 9.69. The fourth-order valence-electron chi connectivity index (χ4n) is 3.35. The van der Waals surface area contributed by atoms with Crippen LogP contribution in [0.2, 0.25) is 0 Å². The van der Waals surface area contributed by atoms with Crippen LogP contribution in [0.3, 0.4) is 0 Å². The molecule has 1 aliphatic heterocycles. The maximum absolute atomic E-state index is 12.3. The number of benzene rings is 1. The molecular formula is C15H17NO4. The number of carbonyl (C=O) groups is 2. The summed E-state index contributed by atoms with van der Waals surface area (Å²) in [4.78, 5) is 23.9. The zero-order chi connectivity index (χ0) is 14.3. The van der Waals surface area contributed by atoms with Crippen LogP contribution in [0.15, 0.2) is 12.1 Å². The highest BCUT2D eigenvalue weighted by Crippen LogP contribution is 2.46. The number of imide groups is 1. The summed E-state index contributed by atoms with van der Waals surface area (Å²) in [6, 6.07) is 3.77. The molecule has 0 bridgehead atoms. The molecule has 3 rings (SSSR count). The maximum atomic E-state index is 12.3. The van der Waals surface area contributed by atoms with E-state index in [0.29, 0.717) is 17.9 Å². The van der Waals surface area contributed by atoms with Gasteiger partial charge in [0.05, 0.1) is 19.6 Å². The average Bonchev–Trinajstić information content (AvgIpc) is 2.73. The van der Waals surface area contributed by atoms with Crippen molar-refractivity contribution in [1.82, 2.24) is 5.32 Å². The lowest BCUT2D eigenvalue weighted by molar-refractivity contribution is -0.126. The molecule has 0 aromatic heterocycles. The molecular weight excluding hydrogens is 258 g/mol. The summed E-state index contributed by atoms with van der Waals surface area (Å²) >= 11 is 0. The Kier molecular flexibility index (Phi) is 2.92. The van der Waals surface area contributed by atoms with Gasteiger partial charge in [0, 0.05) is 6.42 Å². The predicted octanol–water partition coefficient (Wildman–Crippen LogP) is 1.32. The zero-order valence-electron chi connectivity index (χ0n) is 11.6. The molecule has 1 aromatic carbocycles. The second-order valence-corrected chi connectivity index (χ2v) is 5.35. The van der Waals surface area contributed by atoms with Crippen LogP contribution in [0.25, 0.3) is 0 Å². The number of nitrogens with one attached hydrogen (secondary N) is 1. The summed E-state index contributed by atoms with van der Waals surface area (Å²) in [7, 11) is 3.16. The molecule has 2 aliphatic rings. The van der Waals surface area contributed by atoms with Gasteiger partial charge in [-0.25, -0.2) is 0 Å². The van der Waals surface area contributed by atoms with Gasteiger partial charge in [0.1, 0.15) is 0 Å². The van der Waals surface area contributed by atoms with Crippen molar-refractivity contribution in [3.8, 4) is 11.5 Å². The fourth-order valence-corrected chi connectivity index (χ4v) is 3.35. The quantitative estimate of drug-likeness (QED) is 0.827. The van der Waals surface area contributed by atoms with E-state index in [1.54, 1.807) is 14.2 Å². The highest BCUT2D eigenvalue weighted by molar-refractivity contribution is 6.09. The number of aryl methyl sites for hydroxylation is 1. The Morgan fingerprint density at radius 3 is 2.45 bits per heavy atom. The Labute approximate surface area is 117 Å². The monoisotopic (exact) mass is 275 g/mol. The van der Waals surface area contributed by atoms with Crippen molar-refractivity contribution in [3.63, 3.8) is 0 Å². The molecule has 1 fully saturated rings. The number of carbonyl (C=O) groups excluding carboxylic acids is 2. The second-order valence-electron chi connectivity index (χ2n) is 5.35. The van der Waals surface area contributed by atoms with Crippen molar-refractivity contribution < 1.29 is 19.1 Å². The summed E-state index contributed by atoms with van der Waals surface area (Å²) < 4.78 is 10.6. The van der Waals surface area contributed by atoms with Gasteiger partial charge in [-0.15, -0.1) is 0 Å². The number of ether oxygens (including phenoxy) is 2. The van der Waals surface area contributed by atoms with Crippen LogP contribution in [0.1, 0.15) is 30.4 Å². The molecule has 1 spiro atoms. The van der Waals surface area contributed by atoms with Gasteiger partial charge in [0.2, 0.25) is 11.8 Å². The van der Waals surface area contributed by atoms with Crippen LogP contribution in [0.4, 0.5) is 0 Å². The van der Waals surface area contributed by atoms with Crippen LogP contribution in [0, 0.1) is 0 Å². The molecule has 0 saturated carbocycles. The minimum absolute atomic E-state index is 0.185. The molecule has 1 unspecified atom stereocenters. The molecule has 1 N–H and O–H groups in total. The van der Waals surface area contributed by atoms with E-state index in [1.165, 1.54) is 0 Å². The largest absolute Gasteiger partial charge is 0.493 e. The third kappa shape index (κ3) is 1.69. The van der Waals surface area contributed by atoms with E-state index >= 15 is 0 Å². The Balaban J connectivity index is 2.18. The molecule has 0 radical (unpaired) electrons. The molecule has 106 valence electrons. The Bertz CT molecular complexity index is 596. The Morgan fingerprint density at radius 1 is 1.15 bits per heavy atom. The van der Waals surface area contributed by atoms with E-state index in [1.807, 2.05) is 12.1 Å². The van der Waals surface area contributed by atoms with E-state index in [0.717, 1.165) is 24.0 Å². The van der Waals surface area contributed by atoms with Crippen LogP contribution < -0.4 is 14.8 Å². The third-order valence-electron chi connectivity index (χ3n) is 4.32. The van der Waals surface area contributed by atoms with E-state index in [2.05, 4.69) is 5.32 Å². The molecule has 1 atom stereocenters. The van der Waals surface area contributed by atoms with Gasteiger partial charge >= 0.3 is 0 Å². The van der Waals surface area contributed by atoms with Gasteiger partial charge < -0.3 is 9.47 Å². The number of hydrogen-bond donors (Lipinski definition) is 1. The molecule has 5 heteroatoms. The SMILES string of the molecule is COc1cc2c(cc1OC)C1(CCC2)CC(=O)NC1=O. The van der Waals surface area contributed by atoms with Gasteiger partial charge in [-0.2, -0.15) is 0 Å². The first-order chi connectivity index (χ1) is 9.60. The van der Waals surface area contributed by atoms with Crippen LogP contribution in [-0.2, 0) is 21.4 Å². The van der Waals surface area contributed by atoms with E-state index < -0.39 is 5.41 Å². The number of fused-ring (bicyclic) bond motifs is 2. The lowest BCUT2D eigenvalue weighted by Crippen LogP contribution is -2.38. The van der Waals surface area contributed by atoms with Gasteiger partial charge in [-0.05, 0) is 42.5 Å². The highest BCUT2D eigenvalue weighted by atomic mass is 16.5. The van der Waals surface area contributed by atoms with E-state index in [4.69, 9.17) is 9.47 Å². The number of rotatable bonds is 2. The molecule has 20 heavy (non-hydrogen) atoms. The molecule has 2 amide bonds. The number of amides is 2. The fraction of sp³-hybridized carbons (Fsp3) is 0.467. The highest BCUT2D eigenvalue weighted by Gasteiger charge is 2.50. The molecule has 1 aliphatic carbocycles. The summed E-state index contributed by atoms with van der Waals surface area (Å²) in [6.07, 6.45) is 2.71. The second kappa shape index (κ2) is 4.51. The van der Waals surface area contributed by atoms with Crippen molar-refractivity contribution in [2.45, 2.75) is 31.1 Å². The van der Waals surface area contributed by atoms with Gasteiger partial charge in [-0.1, -0.05) is 0 Å². The first-order valence-corrected chi connectivity index (χ1v) is 6.70. The van der Waals surface area contributed by atoms with Crippen molar-refractivity contribution >= 4 is 11.8 Å². The number of hydrogen-bond acceptors (Lipinski definition) is 4. The Hall–Kier alpha value is -2.04. The first kappa shape index (κ1) is 13.0. The van der Waals surface area contributed by atoms with Crippen LogP contribution in [-0.4, -0.2) is 26.0 Å². The summed E-state index contributed by atoms with van der Waals surface area (Å²) in [5.74, 6) is 0.876. The summed E-state index contributed by atoms with van der Waals surface area (Å²) in [6.45, 7) is 0. The Morgan fingerprint density at radius 2 is 1.85 bits per heavy atom. The van der Waals surface area contributed by atoms with E-state index in [9.17, 15) is 9.59 Å². The van der Waals surface area contributed by atoms with Crippen molar-refractivity contribution in [1.29, 1.82) is 0 Å². The zero-order valence-corrected chi connectivity index (χ0v) is 11.6. The summed E-state index contributed by atoms with van der Waals surface area (Å²) in [5, 5.41) is 2.43. The normalized spacial score (nSPS) is 24.5. The average molecular weight is 275 g/mol. The van der Waals surface area contributed by atoms with E-state index in [-0.39, 0.29) is 18.2 Å². The molecule has 1 heterocycles. The predicted molar refractivity (Wildman–Crippen MR) is 71.9 cm³/mol. The number of methoxy groups -OCH3 is 2.